The monoisotopic (exact) mass is 231 g/mol. The van der Waals surface area contributed by atoms with E-state index in [0.29, 0.717) is 5.56 Å². The van der Waals surface area contributed by atoms with Crippen molar-refractivity contribution in [1.29, 1.82) is 5.26 Å². The maximum Gasteiger partial charge on any atom is 0.352 e. The number of carbonyl (C=O) groups excluding carboxylic acids is 1. The molecule has 0 amide bonds. The van der Waals surface area contributed by atoms with Crippen molar-refractivity contribution in [2.45, 2.75) is 13.8 Å². The SMILES string of the molecule is CCOC(=O)/C(C#N)=C(\O)c1ccc(C)cc1. The number of rotatable bonds is 3. The smallest absolute Gasteiger partial charge is 0.352 e. The van der Waals surface area contributed by atoms with E-state index in [2.05, 4.69) is 4.74 Å². The highest BCUT2D eigenvalue weighted by Gasteiger charge is 2.17. The number of ether oxygens (including phenoxy) is 1. The predicted molar refractivity (Wildman–Crippen MR) is 63.0 cm³/mol. The van der Waals surface area contributed by atoms with Crippen LogP contribution in [0.15, 0.2) is 29.8 Å². The van der Waals surface area contributed by atoms with Gasteiger partial charge in [-0.25, -0.2) is 4.79 Å². The van der Waals surface area contributed by atoms with Crippen molar-refractivity contribution in [3.8, 4) is 6.07 Å². The van der Waals surface area contributed by atoms with Crippen LogP contribution in [0, 0.1) is 18.3 Å². The molecule has 88 valence electrons. The summed E-state index contributed by atoms with van der Waals surface area (Å²) < 4.78 is 4.68. The molecule has 1 rings (SSSR count). The molecule has 0 heterocycles. The zero-order valence-electron chi connectivity index (χ0n) is 9.73. The van der Waals surface area contributed by atoms with Crippen molar-refractivity contribution in [3.63, 3.8) is 0 Å². The van der Waals surface area contributed by atoms with Crippen molar-refractivity contribution in [2.24, 2.45) is 0 Å². The Labute approximate surface area is 99.8 Å². The summed E-state index contributed by atoms with van der Waals surface area (Å²) in [6, 6.07) is 8.50. The van der Waals surface area contributed by atoms with Crippen molar-refractivity contribution >= 4 is 11.7 Å². The minimum Gasteiger partial charge on any atom is -0.506 e. The molecule has 0 unspecified atom stereocenters. The molecule has 1 aromatic carbocycles. The third kappa shape index (κ3) is 3.08. The Morgan fingerprint density at radius 1 is 1.41 bits per heavy atom. The Kier molecular flexibility index (Phi) is 4.29. The number of aliphatic hydroxyl groups excluding tert-OH is 1. The van der Waals surface area contributed by atoms with Crippen LogP contribution in [0.5, 0.6) is 0 Å². The van der Waals surface area contributed by atoms with Crippen LogP contribution < -0.4 is 0 Å². The van der Waals surface area contributed by atoms with E-state index in [9.17, 15) is 9.90 Å². The average molecular weight is 231 g/mol. The maximum atomic E-state index is 11.4. The van der Waals surface area contributed by atoms with E-state index in [4.69, 9.17) is 5.26 Å². The number of nitrogens with zero attached hydrogens (tertiary/aromatic N) is 1. The Bertz CT molecular complexity index is 480. The van der Waals surface area contributed by atoms with Gasteiger partial charge in [0.05, 0.1) is 6.61 Å². The van der Waals surface area contributed by atoms with E-state index in [0.717, 1.165) is 5.56 Å². The van der Waals surface area contributed by atoms with Gasteiger partial charge in [-0.1, -0.05) is 29.8 Å². The molecule has 0 aliphatic heterocycles. The molecule has 4 nitrogen and oxygen atoms in total. The van der Waals surface area contributed by atoms with Gasteiger partial charge in [0.1, 0.15) is 11.8 Å². The number of nitriles is 1. The second kappa shape index (κ2) is 5.71. The molecule has 17 heavy (non-hydrogen) atoms. The minimum atomic E-state index is -0.812. The molecule has 0 aliphatic carbocycles. The van der Waals surface area contributed by atoms with E-state index in [-0.39, 0.29) is 17.9 Å². The van der Waals surface area contributed by atoms with Crippen LogP contribution in [0.2, 0.25) is 0 Å². The van der Waals surface area contributed by atoms with Gasteiger partial charge in [0.15, 0.2) is 5.57 Å². The van der Waals surface area contributed by atoms with E-state index >= 15 is 0 Å². The molecular weight excluding hydrogens is 218 g/mol. The standard InChI is InChI=1S/C13H13NO3/c1-3-17-13(16)11(8-14)12(15)10-6-4-9(2)5-7-10/h4-7,15H,3H2,1-2H3/b12-11-. The molecule has 4 heteroatoms. The fraction of sp³-hybridized carbons (Fsp3) is 0.231. The lowest BCUT2D eigenvalue weighted by molar-refractivity contribution is -0.138. The quantitative estimate of drug-likeness (QED) is 0.375. The van der Waals surface area contributed by atoms with Gasteiger partial charge in [-0.2, -0.15) is 5.26 Å². The van der Waals surface area contributed by atoms with E-state index in [1.807, 2.05) is 6.92 Å². The molecule has 0 saturated carbocycles. The number of aliphatic hydroxyl groups is 1. The molecule has 0 aliphatic rings. The van der Waals surface area contributed by atoms with Crippen LogP contribution in [0.25, 0.3) is 5.76 Å². The Hall–Kier alpha value is -2.28. The number of hydrogen-bond acceptors (Lipinski definition) is 4. The van der Waals surface area contributed by atoms with E-state index in [1.165, 1.54) is 0 Å². The summed E-state index contributed by atoms with van der Waals surface area (Å²) in [5.41, 5.74) is 1.06. The largest absolute Gasteiger partial charge is 0.506 e. The predicted octanol–water partition coefficient (Wildman–Crippen LogP) is 2.35. The summed E-state index contributed by atoms with van der Waals surface area (Å²) in [4.78, 5) is 11.4. The third-order valence-corrected chi connectivity index (χ3v) is 2.15. The molecule has 0 spiro atoms. The van der Waals surface area contributed by atoms with E-state index in [1.54, 1.807) is 37.3 Å². The summed E-state index contributed by atoms with van der Waals surface area (Å²) in [5.74, 6) is -1.17. The average Bonchev–Trinajstić information content (AvgIpc) is 2.31. The topological polar surface area (TPSA) is 70.3 Å². The molecule has 0 atom stereocenters. The van der Waals surface area contributed by atoms with Gasteiger partial charge in [0.25, 0.3) is 0 Å². The summed E-state index contributed by atoms with van der Waals surface area (Å²) in [6.45, 7) is 3.70. The lowest BCUT2D eigenvalue weighted by atomic mass is 10.1. The van der Waals surface area contributed by atoms with Crippen LogP contribution in [-0.4, -0.2) is 17.7 Å². The van der Waals surface area contributed by atoms with Gasteiger partial charge in [-0.3, -0.25) is 0 Å². The highest BCUT2D eigenvalue weighted by Crippen LogP contribution is 2.17. The Balaban J connectivity index is 3.13. The fourth-order valence-corrected chi connectivity index (χ4v) is 1.25. The number of hydrogen-bond donors (Lipinski definition) is 1. The number of carbonyl (C=O) groups is 1. The lowest BCUT2D eigenvalue weighted by Gasteiger charge is -2.04. The van der Waals surface area contributed by atoms with Gasteiger partial charge in [0.2, 0.25) is 0 Å². The van der Waals surface area contributed by atoms with Crippen LogP contribution in [-0.2, 0) is 9.53 Å². The Morgan fingerprint density at radius 2 is 2.00 bits per heavy atom. The summed E-state index contributed by atoms with van der Waals surface area (Å²) in [6.07, 6.45) is 0. The first-order valence-corrected chi connectivity index (χ1v) is 5.17. The van der Waals surface area contributed by atoms with Gasteiger partial charge in [0, 0.05) is 5.56 Å². The highest BCUT2D eigenvalue weighted by atomic mass is 16.5. The number of benzene rings is 1. The van der Waals surface area contributed by atoms with Crippen LogP contribution in [0.1, 0.15) is 18.1 Å². The summed E-state index contributed by atoms with van der Waals surface area (Å²) in [5, 5.41) is 18.7. The first-order chi connectivity index (χ1) is 8.10. The zero-order chi connectivity index (χ0) is 12.8. The first kappa shape index (κ1) is 12.8. The van der Waals surface area contributed by atoms with Gasteiger partial charge < -0.3 is 9.84 Å². The molecule has 0 fully saturated rings. The van der Waals surface area contributed by atoms with Crippen molar-refractivity contribution in [3.05, 3.63) is 41.0 Å². The molecule has 1 aromatic rings. The molecule has 0 radical (unpaired) electrons. The molecule has 1 N–H and O–H groups in total. The molecule has 0 aromatic heterocycles. The number of esters is 1. The van der Waals surface area contributed by atoms with E-state index < -0.39 is 5.97 Å². The third-order valence-electron chi connectivity index (χ3n) is 2.15. The second-order valence-electron chi connectivity index (χ2n) is 3.42. The first-order valence-electron chi connectivity index (χ1n) is 5.17. The lowest BCUT2D eigenvalue weighted by Crippen LogP contribution is -2.08. The van der Waals surface area contributed by atoms with Crippen LogP contribution >= 0.6 is 0 Å². The molecular formula is C13H13NO3. The van der Waals surface area contributed by atoms with Gasteiger partial charge >= 0.3 is 5.97 Å². The Morgan fingerprint density at radius 3 is 2.47 bits per heavy atom. The summed E-state index contributed by atoms with van der Waals surface area (Å²) in [7, 11) is 0. The second-order valence-corrected chi connectivity index (χ2v) is 3.42. The maximum absolute atomic E-state index is 11.4. The van der Waals surface area contributed by atoms with Crippen molar-refractivity contribution in [1.82, 2.24) is 0 Å². The van der Waals surface area contributed by atoms with Gasteiger partial charge in [-0.05, 0) is 13.8 Å². The zero-order valence-corrected chi connectivity index (χ0v) is 9.73. The van der Waals surface area contributed by atoms with Crippen molar-refractivity contribution < 1.29 is 14.6 Å². The minimum absolute atomic E-state index is 0.158. The summed E-state index contributed by atoms with van der Waals surface area (Å²) >= 11 is 0. The number of aryl methyl sites for hydroxylation is 1. The molecule has 0 bridgehead atoms. The van der Waals surface area contributed by atoms with Crippen molar-refractivity contribution in [2.75, 3.05) is 6.61 Å². The highest BCUT2D eigenvalue weighted by molar-refractivity contribution is 5.99. The normalized spacial score (nSPS) is 11.4. The van der Waals surface area contributed by atoms with Gasteiger partial charge in [-0.15, -0.1) is 0 Å². The van der Waals surface area contributed by atoms with Crippen LogP contribution in [0.3, 0.4) is 0 Å². The van der Waals surface area contributed by atoms with Crippen LogP contribution in [0.4, 0.5) is 0 Å². The molecule has 0 saturated heterocycles. The fourth-order valence-electron chi connectivity index (χ4n) is 1.25.